The Morgan fingerprint density at radius 2 is 1.75 bits per heavy atom. The Kier molecular flexibility index (Phi) is 6.60. The summed E-state index contributed by atoms with van der Waals surface area (Å²) in [5, 5.41) is 14.8. The lowest BCUT2D eigenvalue weighted by molar-refractivity contribution is -0.121. The molecule has 0 aliphatic carbocycles. The van der Waals surface area contributed by atoms with Crippen molar-refractivity contribution in [2.45, 2.75) is 65.2 Å². The fourth-order valence-corrected chi connectivity index (χ4v) is 2.93. The van der Waals surface area contributed by atoms with Gasteiger partial charge in [0.25, 0.3) is 0 Å². The predicted molar refractivity (Wildman–Crippen MR) is 114 cm³/mol. The number of hydrazone groups is 1. The first kappa shape index (κ1) is 21.6. The van der Waals surface area contributed by atoms with Gasteiger partial charge in [0.15, 0.2) is 0 Å². The van der Waals surface area contributed by atoms with Crippen LogP contribution in [0.4, 0.5) is 0 Å². The Bertz CT molecular complexity index is 809. The standard InChI is InChI=1S/C23H31N3O2/c1-22(2,3)18-12-16(13-19(21(18)28)23(4,5)6)9-10-20(27)26-25-15-17-8-7-11-24-14-17/h7-8,11-15,28H,9-10H2,1-6H3,(H,26,27). The molecule has 0 saturated heterocycles. The molecule has 0 bridgehead atoms. The number of pyridine rings is 1. The van der Waals surface area contributed by atoms with E-state index in [0.29, 0.717) is 18.6 Å². The van der Waals surface area contributed by atoms with Crippen LogP contribution >= 0.6 is 0 Å². The first-order valence-electron chi connectivity index (χ1n) is 9.57. The van der Waals surface area contributed by atoms with E-state index >= 15 is 0 Å². The Morgan fingerprint density at radius 3 is 2.25 bits per heavy atom. The predicted octanol–water partition coefficient (Wildman–Crippen LogP) is 4.47. The number of nitrogens with one attached hydrogen (secondary N) is 1. The smallest absolute Gasteiger partial charge is 0.240 e. The number of benzene rings is 1. The maximum atomic E-state index is 12.1. The zero-order valence-corrected chi connectivity index (χ0v) is 17.7. The molecule has 0 atom stereocenters. The average Bonchev–Trinajstić information content (AvgIpc) is 2.59. The van der Waals surface area contributed by atoms with Gasteiger partial charge in [-0.25, -0.2) is 5.43 Å². The van der Waals surface area contributed by atoms with Crippen LogP contribution in [0.2, 0.25) is 0 Å². The molecule has 5 nitrogen and oxygen atoms in total. The van der Waals surface area contributed by atoms with Gasteiger partial charge in [0.2, 0.25) is 5.91 Å². The second-order valence-corrected chi connectivity index (χ2v) is 9.12. The zero-order valence-electron chi connectivity index (χ0n) is 17.7. The van der Waals surface area contributed by atoms with Crippen LogP contribution in [0, 0.1) is 0 Å². The maximum Gasteiger partial charge on any atom is 0.240 e. The van der Waals surface area contributed by atoms with E-state index in [0.717, 1.165) is 22.3 Å². The first-order valence-corrected chi connectivity index (χ1v) is 9.57. The number of aryl methyl sites for hydroxylation is 1. The molecule has 0 radical (unpaired) electrons. The second kappa shape index (κ2) is 8.55. The average molecular weight is 382 g/mol. The van der Waals surface area contributed by atoms with Crippen molar-refractivity contribution in [1.82, 2.24) is 10.4 Å². The molecule has 1 aromatic carbocycles. The molecule has 0 aliphatic rings. The highest BCUT2D eigenvalue weighted by Crippen LogP contribution is 2.39. The van der Waals surface area contributed by atoms with Crippen LogP contribution in [-0.2, 0) is 22.0 Å². The molecular formula is C23H31N3O2. The molecule has 1 amide bonds. The third-order valence-corrected chi connectivity index (χ3v) is 4.51. The van der Waals surface area contributed by atoms with Gasteiger partial charge in [0.05, 0.1) is 6.21 Å². The van der Waals surface area contributed by atoms with E-state index in [1.807, 2.05) is 24.3 Å². The Morgan fingerprint density at radius 1 is 1.14 bits per heavy atom. The van der Waals surface area contributed by atoms with Crippen LogP contribution in [0.3, 0.4) is 0 Å². The number of hydrogen-bond donors (Lipinski definition) is 2. The SMILES string of the molecule is CC(C)(C)c1cc(CCC(=O)NN=Cc2cccnc2)cc(C(C)(C)C)c1O. The third-order valence-electron chi connectivity index (χ3n) is 4.51. The van der Waals surface area contributed by atoms with E-state index in [1.54, 1.807) is 18.6 Å². The van der Waals surface area contributed by atoms with E-state index in [4.69, 9.17) is 0 Å². The summed E-state index contributed by atoms with van der Waals surface area (Å²) >= 11 is 0. The number of phenolic OH excluding ortho intramolecular Hbond substituents is 1. The molecule has 0 saturated carbocycles. The summed E-state index contributed by atoms with van der Waals surface area (Å²) in [6, 6.07) is 7.70. The number of nitrogens with zero attached hydrogens (tertiary/aromatic N) is 2. The van der Waals surface area contributed by atoms with Gasteiger partial charge >= 0.3 is 0 Å². The van der Waals surface area contributed by atoms with E-state index < -0.39 is 0 Å². The van der Waals surface area contributed by atoms with Gasteiger partial charge in [-0.15, -0.1) is 0 Å². The van der Waals surface area contributed by atoms with Crippen LogP contribution in [0.15, 0.2) is 41.8 Å². The summed E-state index contributed by atoms with van der Waals surface area (Å²) in [5.41, 5.74) is 5.87. The highest BCUT2D eigenvalue weighted by Gasteiger charge is 2.26. The number of aromatic hydroxyl groups is 1. The van der Waals surface area contributed by atoms with Crippen LogP contribution in [-0.4, -0.2) is 22.2 Å². The normalized spacial score (nSPS) is 12.4. The third kappa shape index (κ3) is 5.91. The lowest BCUT2D eigenvalue weighted by atomic mass is 9.78. The van der Waals surface area contributed by atoms with Gasteiger partial charge in [-0.2, -0.15) is 5.10 Å². The van der Waals surface area contributed by atoms with Crippen LogP contribution in [0.1, 0.15) is 70.2 Å². The number of carbonyl (C=O) groups is 1. The van der Waals surface area contributed by atoms with Crippen molar-refractivity contribution in [3.8, 4) is 5.75 Å². The van der Waals surface area contributed by atoms with Crippen molar-refractivity contribution in [2.75, 3.05) is 0 Å². The Hall–Kier alpha value is -2.69. The van der Waals surface area contributed by atoms with Crippen molar-refractivity contribution >= 4 is 12.1 Å². The molecule has 0 aliphatic heterocycles. The fraction of sp³-hybridized carbons (Fsp3) is 0.435. The van der Waals surface area contributed by atoms with E-state index in [9.17, 15) is 9.90 Å². The minimum Gasteiger partial charge on any atom is -0.507 e. The highest BCUT2D eigenvalue weighted by atomic mass is 16.3. The first-order chi connectivity index (χ1) is 13.0. The highest BCUT2D eigenvalue weighted by molar-refractivity contribution is 5.82. The number of rotatable bonds is 5. The number of amides is 1. The summed E-state index contributed by atoms with van der Waals surface area (Å²) in [5.74, 6) is 0.206. The molecule has 150 valence electrons. The molecule has 2 rings (SSSR count). The lowest BCUT2D eigenvalue weighted by Gasteiger charge is -2.28. The number of carbonyl (C=O) groups excluding carboxylic acids is 1. The summed E-state index contributed by atoms with van der Waals surface area (Å²) in [7, 11) is 0. The fourth-order valence-electron chi connectivity index (χ4n) is 2.93. The van der Waals surface area contributed by atoms with Gasteiger partial charge in [-0.3, -0.25) is 9.78 Å². The molecule has 1 aromatic heterocycles. The summed E-state index contributed by atoms with van der Waals surface area (Å²) in [4.78, 5) is 16.1. The number of hydrogen-bond acceptors (Lipinski definition) is 4. The molecule has 5 heteroatoms. The van der Waals surface area contributed by atoms with Crippen molar-refractivity contribution in [2.24, 2.45) is 5.10 Å². The minimum atomic E-state index is -0.184. The van der Waals surface area contributed by atoms with Gasteiger partial charge in [0.1, 0.15) is 5.75 Å². The Labute approximate surface area is 167 Å². The topological polar surface area (TPSA) is 74.6 Å². The molecule has 0 unspecified atom stereocenters. The van der Waals surface area contributed by atoms with Crippen molar-refractivity contribution in [3.63, 3.8) is 0 Å². The molecule has 2 aromatic rings. The van der Waals surface area contributed by atoms with Crippen LogP contribution < -0.4 is 5.43 Å². The lowest BCUT2D eigenvalue weighted by Crippen LogP contribution is -2.20. The maximum absolute atomic E-state index is 12.1. The van der Waals surface area contributed by atoms with E-state index in [1.165, 1.54) is 0 Å². The van der Waals surface area contributed by atoms with Crippen LogP contribution in [0.25, 0.3) is 0 Å². The quantitative estimate of drug-likeness (QED) is 0.593. The molecule has 28 heavy (non-hydrogen) atoms. The van der Waals surface area contributed by atoms with Gasteiger partial charge in [-0.05, 0) is 40.0 Å². The van der Waals surface area contributed by atoms with Crippen molar-refractivity contribution < 1.29 is 9.90 Å². The second-order valence-electron chi connectivity index (χ2n) is 9.12. The van der Waals surface area contributed by atoms with Crippen molar-refractivity contribution in [1.29, 1.82) is 0 Å². The molecular weight excluding hydrogens is 350 g/mol. The van der Waals surface area contributed by atoms with Crippen LogP contribution in [0.5, 0.6) is 5.75 Å². The summed E-state index contributed by atoms with van der Waals surface area (Å²) in [6.07, 6.45) is 5.84. The summed E-state index contributed by atoms with van der Waals surface area (Å²) < 4.78 is 0. The zero-order chi connectivity index (χ0) is 20.9. The van der Waals surface area contributed by atoms with Gasteiger partial charge < -0.3 is 5.11 Å². The number of aromatic nitrogens is 1. The molecule has 1 heterocycles. The van der Waals surface area contributed by atoms with Crippen molar-refractivity contribution in [3.05, 3.63) is 58.9 Å². The number of phenols is 1. The summed E-state index contributed by atoms with van der Waals surface area (Å²) in [6.45, 7) is 12.5. The van der Waals surface area contributed by atoms with E-state index in [2.05, 4.69) is 57.1 Å². The molecule has 2 N–H and O–H groups in total. The Balaban J connectivity index is 2.11. The van der Waals surface area contributed by atoms with E-state index in [-0.39, 0.29) is 16.7 Å². The molecule has 0 fully saturated rings. The monoisotopic (exact) mass is 381 g/mol. The molecule has 0 spiro atoms. The minimum absolute atomic E-state index is 0.150. The van der Waals surface area contributed by atoms with Gasteiger partial charge in [0, 0.05) is 24.4 Å². The largest absolute Gasteiger partial charge is 0.507 e. The van der Waals surface area contributed by atoms with Gasteiger partial charge in [-0.1, -0.05) is 59.7 Å².